The van der Waals surface area contributed by atoms with Gasteiger partial charge in [-0.2, -0.15) is 0 Å². The van der Waals surface area contributed by atoms with Crippen molar-refractivity contribution in [3.8, 4) is 34.5 Å². The molecule has 6 aliphatic heterocycles. The molecule has 15 rings (SSSR count). The maximum absolute atomic E-state index is 13.2. The van der Waals surface area contributed by atoms with Crippen molar-refractivity contribution in [2.75, 3.05) is 0 Å². The van der Waals surface area contributed by atoms with Crippen molar-refractivity contribution in [3.05, 3.63) is 267 Å². The molecule has 0 aromatic heterocycles. The fourth-order valence-electron chi connectivity index (χ4n) is 10.2. The first kappa shape index (κ1) is 58.5. The zero-order valence-corrected chi connectivity index (χ0v) is 46.4. The van der Waals surface area contributed by atoms with E-state index in [0.29, 0.717) is 79.5 Å². The molecule has 9 aromatic carbocycles. The highest BCUT2D eigenvalue weighted by molar-refractivity contribution is 6.75. The molecule has 0 aliphatic carbocycles. The van der Waals surface area contributed by atoms with Gasteiger partial charge in [0.2, 0.25) is 0 Å². The van der Waals surface area contributed by atoms with Crippen molar-refractivity contribution in [3.63, 3.8) is 0 Å². The van der Waals surface area contributed by atoms with Crippen LogP contribution in [0, 0.1) is 37.5 Å². The Morgan fingerprint density at radius 2 is 0.759 bits per heavy atom. The van der Waals surface area contributed by atoms with Gasteiger partial charge in [0.05, 0.1) is 52.8 Å². The van der Waals surface area contributed by atoms with Crippen molar-refractivity contribution in [2.45, 2.75) is 52.9 Å². The normalized spacial score (nSPS) is 15.2. The molecule has 0 saturated heterocycles. The second kappa shape index (κ2) is 26.4. The van der Waals surface area contributed by atoms with E-state index in [4.69, 9.17) is 69.6 Å². The van der Waals surface area contributed by atoms with Gasteiger partial charge in [0.15, 0.2) is 17.7 Å². The topological polar surface area (TPSA) is 151 Å². The molecule has 23 heteroatoms. The van der Waals surface area contributed by atoms with Gasteiger partial charge in [0, 0.05) is 5.56 Å². The zero-order valence-electron chi connectivity index (χ0n) is 46.4. The molecule has 0 fully saturated rings. The highest BCUT2D eigenvalue weighted by Gasteiger charge is 2.40. The highest BCUT2D eigenvalue weighted by Crippen LogP contribution is 2.37. The fraction of sp³-hybridized carbons (Fsp3) is 0.125. The number of aryl methyl sites for hydroxylation is 1. The first-order chi connectivity index (χ1) is 42.4. The van der Waals surface area contributed by atoms with Gasteiger partial charge in [0.25, 0.3) is 0 Å². The van der Waals surface area contributed by atoms with E-state index in [1.807, 2.05) is 73.7 Å². The molecular weight excluding hydrogens is 1120 g/mol. The van der Waals surface area contributed by atoms with Crippen LogP contribution in [0.25, 0.3) is 9.69 Å². The average molecular weight is 1160 g/mol. The van der Waals surface area contributed by atoms with Gasteiger partial charge in [0.1, 0.15) is 51.9 Å². The number of benzene rings is 9. The van der Waals surface area contributed by atoms with Crippen LogP contribution in [-0.4, -0.2) is 45.6 Å². The summed E-state index contributed by atoms with van der Waals surface area (Å²) in [5, 5.41) is 18.7. The Balaban J connectivity index is 0.000000123. The van der Waals surface area contributed by atoms with Gasteiger partial charge < -0.3 is 61.5 Å². The summed E-state index contributed by atoms with van der Waals surface area (Å²) in [5.41, 5.74) is 12.6. The summed E-state index contributed by atoms with van der Waals surface area (Å²) < 4.78 is 102. The monoisotopic (exact) mass is 1160 g/mol. The molecule has 6 heterocycles. The molecule has 87 heavy (non-hydrogen) atoms. The van der Waals surface area contributed by atoms with Crippen molar-refractivity contribution in [2.24, 2.45) is 0 Å². The summed E-state index contributed by atoms with van der Waals surface area (Å²) in [4.78, 5) is 6.73. The lowest BCUT2D eigenvalue weighted by Crippen LogP contribution is -2.43. The molecule has 1 atom stereocenters. The number of rotatable bonds is 10. The Morgan fingerprint density at radius 1 is 0.402 bits per heavy atom. The van der Waals surface area contributed by atoms with Crippen molar-refractivity contribution in [1.82, 2.24) is 0 Å². The molecule has 1 unspecified atom stereocenters. The van der Waals surface area contributed by atoms with Crippen LogP contribution in [0.1, 0.15) is 50.8 Å². The summed E-state index contributed by atoms with van der Waals surface area (Å²) >= 11 is 0. The predicted molar refractivity (Wildman–Crippen MR) is 320 cm³/mol. The number of fused-ring (bicyclic) bond motifs is 6. The summed E-state index contributed by atoms with van der Waals surface area (Å²) in [5.74, 6) is 3.42. The maximum atomic E-state index is 13.2. The summed E-state index contributed by atoms with van der Waals surface area (Å²) in [7, 11) is -3.41. The van der Waals surface area contributed by atoms with Gasteiger partial charge in [-0.15, -0.1) is 0 Å². The number of hydrogen-bond donors (Lipinski definition) is 2. The molecule has 0 spiro atoms. The van der Waals surface area contributed by atoms with Crippen LogP contribution in [0.4, 0.5) is 24.5 Å². The molecule has 9 aromatic rings. The third kappa shape index (κ3) is 13.9. The molecule has 2 N–H and O–H groups in total. The lowest BCUT2D eigenvalue weighted by molar-refractivity contribution is -0.0843. The molecule has 0 amide bonds. The quantitative estimate of drug-likeness (QED) is 0.0989. The highest BCUT2D eigenvalue weighted by atomic mass is 19.1. The Morgan fingerprint density at radius 3 is 1.25 bits per heavy atom. The maximum Gasteiger partial charge on any atom is 0.496 e. The van der Waals surface area contributed by atoms with Crippen molar-refractivity contribution >= 4 is 74.3 Å². The van der Waals surface area contributed by atoms with E-state index >= 15 is 0 Å². The van der Waals surface area contributed by atoms with Crippen LogP contribution < -0.4 is 41.5 Å². The standard InChI is InChI=1S/C29H22BNO5.C14H10B2F2O3.C14H10BNO3.C7H6BFO2/c1-19-3-7-23(8-4-19)34-25-11-13-27-20(15-25)17-32-29(27)36-30-28-14-12-26(16-21(28)18-33-30)35-24-9-5-22(31-2)6-10-24;17-11-1-3-13-9(5-11)7-19-15(13)21-16-14-4-2-12(18)6-10(14)8-20-16;1-16-11-2-4-12(5-3-11)19-13-6-7-14-10(8-13)9-18-15(14)17;9-6-1-2-7-5(3-6)4-11-8(7)10/h3-16,29H,17-18H2,1H3;1-6H,7-8H2;2-8,17H,9H2;1-3,10H,4H2. The third-order valence-corrected chi connectivity index (χ3v) is 14.7. The molecule has 0 bridgehead atoms. The first-order valence-electron chi connectivity index (χ1n) is 27.5. The lowest BCUT2D eigenvalue weighted by Gasteiger charge is -2.16. The number of halogens is 3. The van der Waals surface area contributed by atoms with Crippen molar-refractivity contribution in [1.29, 1.82) is 0 Å². The van der Waals surface area contributed by atoms with E-state index in [1.165, 1.54) is 42.0 Å². The minimum Gasteiger partial charge on any atom is -0.457 e. The van der Waals surface area contributed by atoms with Gasteiger partial charge in [-0.1, -0.05) is 72.3 Å². The Kier molecular flexibility index (Phi) is 17.7. The smallest absolute Gasteiger partial charge is 0.457 e. The largest absolute Gasteiger partial charge is 0.496 e. The molecule has 0 saturated carbocycles. The van der Waals surface area contributed by atoms with E-state index in [0.717, 1.165) is 72.3 Å². The van der Waals surface area contributed by atoms with E-state index in [2.05, 4.69) is 9.69 Å². The molecule has 0 radical (unpaired) electrons. The van der Waals surface area contributed by atoms with Crippen LogP contribution in [0.3, 0.4) is 0 Å². The van der Waals surface area contributed by atoms with Crippen LogP contribution in [0.2, 0.25) is 0 Å². The Labute approximate surface area is 501 Å². The van der Waals surface area contributed by atoms with E-state index in [1.54, 1.807) is 78.9 Å². The Hall–Kier alpha value is -8.93. The minimum atomic E-state index is -0.870. The number of nitrogens with zero attached hydrogens (tertiary/aromatic N) is 2. The molecule has 15 nitrogen and oxygen atoms in total. The van der Waals surface area contributed by atoms with Gasteiger partial charge in [-0.25, -0.2) is 22.9 Å². The second-order valence-electron chi connectivity index (χ2n) is 20.6. The van der Waals surface area contributed by atoms with E-state index in [-0.39, 0.29) is 17.5 Å². The summed E-state index contributed by atoms with van der Waals surface area (Å²) in [6.07, 6.45) is -0.513. The summed E-state index contributed by atoms with van der Waals surface area (Å²) in [6.45, 7) is 18.2. The van der Waals surface area contributed by atoms with Crippen LogP contribution in [0.5, 0.6) is 34.5 Å². The minimum absolute atomic E-state index is 0.290. The number of hydrogen-bond acceptors (Lipinski definition) is 13. The van der Waals surface area contributed by atoms with Crippen LogP contribution in [0.15, 0.2) is 182 Å². The average Bonchev–Trinajstić information content (AvgIpc) is 2.30. The summed E-state index contributed by atoms with van der Waals surface area (Å²) in [6, 6.07) is 52.3. The van der Waals surface area contributed by atoms with Gasteiger partial charge >= 0.3 is 35.6 Å². The van der Waals surface area contributed by atoms with E-state index in [9.17, 15) is 18.2 Å². The molecule has 6 aliphatic rings. The Bertz CT molecular complexity index is 4010. The van der Waals surface area contributed by atoms with Crippen LogP contribution in [-0.2, 0) is 76.9 Å². The van der Waals surface area contributed by atoms with Gasteiger partial charge in [-0.05, 0) is 183 Å². The predicted octanol–water partition coefficient (Wildman–Crippen LogP) is 10.0. The molecular formula is C64H48B5F3N2O13. The second-order valence-corrected chi connectivity index (χ2v) is 20.6. The first-order valence-corrected chi connectivity index (χ1v) is 27.5. The van der Waals surface area contributed by atoms with E-state index < -0.39 is 41.9 Å². The number of ether oxygens (including phenoxy) is 4. The van der Waals surface area contributed by atoms with Crippen LogP contribution >= 0.6 is 0 Å². The molecule has 428 valence electrons. The fourth-order valence-corrected chi connectivity index (χ4v) is 10.2. The zero-order chi connectivity index (χ0) is 60.0. The lowest BCUT2D eigenvalue weighted by atomic mass is 9.71. The van der Waals surface area contributed by atoms with Crippen molar-refractivity contribution < 1.29 is 74.7 Å². The SMILES string of the molecule is Fc1ccc2c(c1)COB2OB1OCc2cc(F)ccc21.OB1OCc2cc(F)ccc21.[C-]#[N+]c1ccc(Oc2ccc3c(c2)COB3O)cc1.[C-]#[N+]c1ccc(Oc2ccc3c(c2)COB3OC2OCc3cc(Oc4ccc(C)cc4)ccc32)cc1. The van der Waals surface area contributed by atoms with Gasteiger partial charge in [-0.3, -0.25) is 0 Å². The third-order valence-electron chi connectivity index (χ3n) is 14.7.